The van der Waals surface area contributed by atoms with Gasteiger partial charge >= 0.3 is 0 Å². The third kappa shape index (κ3) is 7.44. The number of nitriles is 1. The maximum Gasteiger partial charge on any atom is 0.159 e. The molecule has 2 aliphatic carbocycles. The summed E-state index contributed by atoms with van der Waals surface area (Å²) in [7, 11) is 0. The quantitative estimate of drug-likeness (QED) is 0.257. The van der Waals surface area contributed by atoms with Crippen LogP contribution in [0.15, 0.2) is 72.3 Å². The van der Waals surface area contributed by atoms with Crippen LogP contribution < -0.4 is 0 Å². The largest absolute Gasteiger partial charge is 0.295 e. The molecule has 2 aromatic carbocycles. The van der Waals surface area contributed by atoms with E-state index in [-0.39, 0.29) is 0 Å². The van der Waals surface area contributed by atoms with Gasteiger partial charge in [-0.3, -0.25) is 4.79 Å². The number of fused-ring (bicyclic) bond motifs is 1. The van der Waals surface area contributed by atoms with Crippen LogP contribution >= 0.6 is 0 Å². The highest BCUT2D eigenvalue weighted by Gasteiger charge is 2.21. The van der Waals surface area contributed by atoms with Crippen molar-refractivity contribution in [3.63, 3.8) is 0 Å². The minimum Gasteiger partial charge on any atom is -0.295 e. The molecule has 198 valence electrons. The van der Waals surface area contributed by atoms with Gasteiger partial charge < -0.3 is 0 Å². The Balaban J connectivity index is 1.27. The molecule has 0 N–H and O–H groups in total. The van der Waals surface area contributed by atoms with Crippen molar-refractivity contribution < 1.29 is 4.79 Å². The van der Waals surface area contributed by atoms with Crippen LogP contribution in [0, 0.1) is 23.2 Å². The lowest BCUT2D eigenvalue weighted by atomic mass is 9.79. The number of nitrogens with zero attached hydrogens (tertiary/aromatic N) is 1. The third-order valence-electron chi connectivity index (χ3n) is 8.63. The molecule has 3 atom stereocenters. The highest BCUT2D eigenvalue weighted by molar-refractivity contribution is 5.96. The van der Waals surface area contributed by atoms with E-state index in [1.54, 1.807) is 0 Å². The van der Waals surface area contributed by atoms with Gasteiger partial charge in [0, 0.05) is 12.3 Å². The normalized spacial score (nSPS) is 17.5. The Morgan fingerprint density at radius 3 is 2.55 bits per heavy atom. The first-order chi connectivity index (χ1) is 18.6. The summed E-state index contributed by atoms with van der Waals surface area (Å²) in [4.78, 5) is 12.4. The van der Waals surface area contributed by atoms with Crippen LogP contribution in [0.4, 0.5) is 0 Å². The topological polar surface area (TPSA) is 40.9 Å². The monoisotopic (exact) mass is 505 g/mol. The Morgan fingerprint density at radius 2 is 1.84 bits per heavy atom. The second-order valence-corrected chi connectivity index (χ2v) is 11.2. The molecule has 0 saturated heterocycles. The number of allylic oxidation sites excluding steroid dienone is 5. The average Bonchev–Trinajstić information content (AvgIpc) is 3.50. The second kappa shape index (κ2) is 14.1. The summed E-state index contributed by atoms with van der Waals surface area (Å²) < 4.78 is 0. The summed E-state index contributed by atoms with van der Waals surface area (Å²) in [5.41, 5.74) is 7.21. The van der Waals surface area contributed by atoms with Gasteiger partial charge in [0.25, 0.3) is 0 Å². The lowest BCUT2D eigenvalue weighted by Crippen LogP contribution is -2.15. The Bertz CT molecular complexity index is 1210. The van der Waals surface area contributed by atoms with Crippen LogP contribution in [0.1, 0.15) is 105 Å². The lowest BCUT2D eigenvalue weighted by Gasteiger charge is -2.26. The first-order valence-electron chi connectivity index (χ1n) is 14.8. The van der Waals surface area contributed by atoms with Gasteiger partial charge in [0.05, 0.1) is 11.6 Å². The molecule has 0 fully saturated rings. The molecule has 38 heavy (non-hydrogen) atoms. The van der Waals surface area contributed by atoms with E-state index in [1.807, 2.05) is 24.3 Å². The van der Waals surface area contributed by atoms with Gasteiger partial charge in [0.1, 0.15) is 0 Å². The number of benzene rings is 2. The SMILES string of the molecule is CCCC(CCCC(=O)C1=CC=CC1)C(CC)CCCc1ccc2c(c1)C=CC(c1ccc(C#N)cc1)C2. The smallest absolute Gasteiger partial charge is 0.159 e. The molecular formula is C36H43NO. The molecule has 2 aliphatic rings. The summed E-state index contributed by atoms with van der Waals surface area (Å²) in [5.74, 6) is 2.22. The molecular weight excluding hydrogens is 462 g/mol. The predicted molar refractivity (Wildman–Crippen MR) is 159 cm³/mol. The Hall–Kier alpha value is -3.18. The van der Waals surface area contributed by atoms with E-state index >= 15 is 0 Å². The molecule has 0 bridgehead atoms. The highest BCUT2D eigenvalue weighted by atomic mass is 16.1. The zero-order chi connectivity index (χ0) is 26.7. The minimum absolute atomic E-state index is 0.350. The molecule has 4 rings (SSSR count). The van der Waals surface area contributed by atoms with E-state index in [0.29, 0.717) is 18.1 Å². The van der Waals surface area contributed by atoms with Crippen LogP contribution in [0.2, 0.25) is 0 Å². The van der Waals surface area contributed by atoms with E-state index in [4.69, 9.17) is 5.26 Å². The third-order valence-corrected chi connectivity index (χ3v) is 8.63. The second-order valence-electron chi connectivity index (χ2n) is 11.2. The van der Waals surface area contributed by atoms with Crippen molar-refractivity contribution in [2.24, 2.45) is 11.8 Å². The molecule has 0 spiro atoms. The van der Waals surface area contributed by atoms with Crippen LogP contribution in [0.25, 0.3) is 6.08 Å². The van der Waals surface area contributed by atoms with Crippen molar-refractivity contribution in [2.45, 2.75) is 90.4 Å². The van der Waals surface area contributed by atoms with Crippen molar-refractivity contribution >= 4 is 11.9 Å². The molecule has 0 saturated carbocycles. The fraction of sp³-hybridized carbons (Fsp3) is 0.444. The number of carbonyl (C=O) groups is 1. The number of Topliss-reactive ketones (excluding diaryl/α,β-unsaturated/α-hetero) is 1. The summed E-state index contributed by atoms with van der Waals surface area (Å²) in [6, 6.07) is 17.3. The van der Waals surface area contributed by atoms with Gasteiger partial charge in [-0.25, -0.2) is 0 Å². The summed E-state index contributed by atoms with van der Waals surface area (Å²) in [6.45, 7) is 4.65. The van der Waals surface area contributed by atoms with Crippen molar-refractivity contribution in [1.82, 2.24) is 0 Å². The lowest BCUT2D eigenvalue weighted by molar-refractivity contribution is -0.115. The number of carbonyl (C=O) groups excluding carboxylic acids is 1. The first-order valence-corrected chi connectivity index (χ1v) is 14.8. The molecule has 3 unspecified atom stereocenters. The van der Waals surface area contributed by atoms with Gasteiger partial charge in [0.15, 0.2) is 5.78 Å². The molecule has 0 aromatic heterocycles. The number of rotatable bonds is 14. The molecule has 2 heteroatoms. The summed E-state index contributed by atoms with van der Waals surface area (Å²) in [5, 5.41) is 9.06. The van der Waals surface area contributed by atoms with Crippen LogP contribution in [0.5, 0.6) is 0 Å². The molecule has 2 nitrogen and oxygen atoms in total. The van der Waals surface area contributed by atoms with E-state index < -0.39 is 0 Å². The average molecular weight is 506 g/mol. The summed E-state index contributed by atoms with van der Waals surface area (Å²) >= 11 is 0. The Labute approximate surface area is 230 Å². The Kier molecular flexibility index (Phi) is 10.3. The molecule has 2 aromatic rings. The zero-order valence-electron chi connectivity index (χ0n) is 23.3. The van der Waals surface area contributed by atoms with Crippen molar-refractivity contribution in [3.05, 3.63) is 100 Å². The van der Waals surface area contributed by atoms with E-state index in [2.05, 4.69) is 68.5 Å². The number of ketones is 1. The van der Waals surface area contributed by atoms with E-state index in [1.165, 1.54) is 60.8 Å². The minimum atomic E-state index is 0.350. The maximum absolute atomic E-state index is 12.4. The first kappa shape index (κ1) is 27.8. The van der Waals surface area contributed by atoms with Gasteiger partial charge in [0.2, 0.25) is 0 Å². The fourth-order valence-corrected chi connectivity index (χ4v) is 6.37. The van der Waals surface area contributed by atoms with Crippen molar-refractivity contribution in [3.8, 4) is 6.07 Å². The highest BCUT2D eigenvalue weighted by Crippen LogP contribution is 2.33. The Morgan fingerprint density at radius 1 is 1.03 bits per heavy atom. The van der Waals surface area contributed by atoms with Crippen molar-refractivity contribution in [2.75, 3.05) is 0 Å². The van der Waals surface area contributed by atoms with E-state index in [9.17, 15) is 4.79 Å². The number of aryl methyl sites for hydroxylation is 1. The molecule has 0 amide bonds. The van der Waals surface area contributed by atoms with Gasteiger partial charge in [-0.2, -0.15) is 5.26 Å². The fourth-order valence-electron chi connectivity index (χ4n) is 6.37. The molecule has 0 radical (unpaired) electrons. The zero-order valence-corrected chi connectivity index (χ0v) is 23.3. The van der Waals surface area contributed by atoms with Gasteiger partial charge in [-0.05, 0) is 96.7 Å². The number of hydrogen-bond donors (Lipinski definition) is 0. The van der Waals surface area contributed by atoms with Crippen LogP contribution in [-0.4, -0.2) is 5.78 Å². The number of hydrogen-bond acceptors (Lipinski definition) is 2. The molecule has 0 aliphatic heterocycles. The van der Waals surface area contributed by atoms with Crippen LogP contribution in [-0.2, 0) is 17.6 Å². The van der Waals surface area contributed by atoms with Crippen molar-refractivity contribution in [1.29, 1.82) is 5.26 Å². The predicted octanol–water partition coefficient (Wildman–Crippen LogP) is 9.30. The molecule has 0 heterocycles. The maximum atomic E-state index is 12.4. The standard InChI is InChI=1S/C36H43NO/c1-3-9-30(14-8-15-36(38)32-11-5-6-12-32)29(4-2)13-7-10-27-16-21-35-25-34(23-22-33(35)24-27)31-19-17-28(26-37)18-20-31/h5-6,11,16-24,29-30,34H,3-4,7-10,12-15,25H2,1-2H3. The van der Waals surface area contributed by atoms with Crippen LogP contribution in [0.3, 0.4) is 0 Å². The van der Waals surface area contributed by atoms with E-state index in [0.717, 1.165) is 48.7 Å². The van der Waals surface area contributed by atoms with Gasteiger partial charge in [-0.1, -0.05) is 93.8 Å². The summed E-state index contributed by atoms with van der Waals surface area (Å²) in [6.07, 6.45) is 22.8. The van der Waals surface area contributed by atoms with Gasteiger partial charge in [-0.15, -0.1) is 0 Å².